The first-order chi connectivity index (χ1) is 11.5. The lowest BCUT2D eigenvalue weighted by molar-refractivity contribution is 0.0926. The molecule has 5 nitrogen and oxygen atoms in total. The van der Waals surface area contributed by atoms with Crippen LogP contribution < -0.4 is 15.4 Å². The smallest absolute Gasteiger partial charge is 0.255 e. The van der Waals surface area contributed by atoms with Gasteiger partial charge in [-0.1, -0.05) is 35.3 Å². The van der Waals surface area contributed by atoms with E-state index in [4.69, 9.17) is 27.9 Å². The Bertz CT molecular complexity index is 750. The van der Waals surface area contributed by atoms with Gasteiger partial charge in [-0.25, -0.2) is 0 Å². The lowest BCUT2D eigenvalue weighted by Gasteiger charge is -2.10. The lowest BCUT2D eigenvalue weighted by atomic mass is 10.2. The largest absolute Gasteiger partial charge is 0.496 e. The quantitative estimate of drug-likeness (QED) is 0.771. The van der Waals surface area contributed by atoms with Crippen LogP contribution in [0.5, 0.6) is 5.75 Å². The third-order valence-electron chi connectivity index (χ3n) is 3.22. The normalized spacial score (nSPS) is 10.1. The monoisotopic (exact) mass is 366 g/mol. The summed E-state index contributed by atoms with van der Waals surface area (Å²) in [4.78, 5) is 24.1. The predicted molar refractivity (Wildman–Crippen MR) is 94.1 cm³/mol. The van der Waals surface area contributed by atoms with E-state index in [1.165, 1.54) is 13.2 Å². The Balaban J connectivity index is 1.84. The molecule has 0 heterocycles. The standard InChI is InChI=1S/C17H16Cl2N2O3/c1-24-15-5-3-2-4-13(15)17(23)21-9-8-20-16(22)12-7-6-11(18)10-14(12)19/h2-7,10H,8-9H2,1H3,(H,20,22)(H,21,23). The van der Waals surface area contributed by atoms with E-state index in [-0.39, 0.29) is 29.9 Å². The molecule has 2 N–H and O–H groups in total. The van der Waals surface area contributed by atoms with Crippen molar-refractivity contribution in [1.82, 2.24) is 10.6 Å². The van der Waals surface area contributed by atoms with Gasteiger partial charge in [0, 0.05) is 18.1 Å². The average Bonchev–Trinajstić information content (AvgIpc) is 2.58. The Hall–Kier alpha value is -2.24. The molecule has 0 aromatic heterocycles. The third-order valence-corrected chi connectivity index (χ3v) is 3.77. The van der Waals surface area contributed by atoms with Crippen molar-refractivity contribution in [2.75, 3.05) is 20.2 Å². The Labute approximate surface area is 149 Å². The SMILES string of the molecule is COc1ccccc1C(=O)NCCNC(=O)c1ccc(Cl)cc1Cl. The van der Waals surface area contributed by atoms with Crippen molar-refractivity contribution >= 4 is 35.0 Å². The van der Waals surface area contributed by atoms with Gasteiger partial charge in [0.05, 0.1) is 23.3 Å². The molecule has 0 bridgehead atoms. The lowest BCUT2D eigenvalue weighted by Crippen LogP contribution is -2.34. The van der Waals surface area contributed by atoms with E-state index in [1.807, 2.05) is 0 Å². The fourth-order valence-electron chi connectivity index (χ4n) is 2.05. The van der Waals surface area contributed by atoms with Crippen LogP contribution in [0, 0.1) is 0 Å². The molecule has 0 saturated carbocycles. The van der Waals surface area contributed by atoms with E-state index in [2.05, 4.69) is 10.6 Å². The summed E-state index contributed by atoms with van der Waals surface area (Å²) < 4.78 is 5.14. The molecule has 0 spiro atoms. The molecule has 0 aliphatic carbocycles. The minimum atomic E-state index is -0.330. The van der Waals surface area contributed by atoms with E-state index in [0.29, 0.717) is 21.9 Å². The molecule has 7 heteroatoms. The summed E-state index contributed by atoms with van der Waals surface area (Å²) in [7, 11) is 1.50. The van der Waals surface area contributed by atoms with Gasteiger partial charge in [0.1, 0.15) is 5.75 Å². The molecule has 24 heavy (non-hydrogen) atoms. The van der Waals surface area contributed by atoms with Gasteiger partial charge in [-0.2, -0.15) is 0 Å². The van der Waals surface area contributed by atoms with Crippen LogP contribution in [0.4, 0.5) is 0 Å². The molecule has 0 saturated heterocycles. The number of methoxy groups -OCH3 is 1. The molecule has 0 aliphatic rings. The first-order valence-electron chi connectivity index (χ1n) is 7.17. The number of rotatable bonds is 6. The van der Waals surface area contributed by atoms with Crippen molar-refractivity contribution in [1.29, 1.82) is 0 Å². The number of carbonyl (C=O) groups excluding carboxylic acids is 2. The fraction of sp³-hybridized carbons (Fsp3) is 0.176. The summed E-state index contributed by atoms with van der Waals surface area (Å²) in [6, 6.07) is 11.5. The molecule has 0 atom stereocenters. The number of amides is 2. The number of ether oxygens (including phenoxy) is 1. The number of nitrogens with one attached hydrogen (secondary N) is 2. The summed E-state index contributed by atoms with van der Waals surface area (Å²) in [5.41, 5.74) is 0.768. The highest BCUT2D eigenvalue weighted by atomic mass is 35.5. The van der Waals surface area contributed by atoms with Crippen LogP contribution in [0.3, 0.4) is 0 Å². The molecule has 2 amide bonds. The summed E-state index contributed by atoms with van der Waals surface area (Å²) >= 11 is 11.8. The number of hydrogen-bond acceptors (Lipinski definition) is 3. The first kappa shape index (κ1) is 18.1. The van der Waals surface area contributed by atoms with Gasteiger partial charge >= 0.3 is 0 Å². The molecule has 2 rings (SSSR count). The Morgan fingerprint density at radius 1 is 0.958 bits per heavy atom. The zero-order valence-electron chi connectivity index (χ0n) is 12.9. The third kappa shape index (κ3) is 4.63. The van der Waals surface area contributed by atoms with E-state index < -0.39 is 0 Å². The van der Waals surface area contributed by atoms with Crippen LogP contribution in [0.1, 0.15) is 20.7 Å². The minimum absolute atomic E-state index is 0.263. The van der Waals surface area contributed by atoms with Crippen molar-refractivity contribution in [2.45, 2.75) is 0 Å². The van der Waals surface area contributed by atoms with Gasteiger partial charge in [-0.3, -0.25) is 9.59 Å². The maximum absolute atomic E-state index is 12.1. The van der Waals surface area contributed by atoms with Gasteiger partial charge in [0.2, 0.25) is 0 Å². The van der Waals surface area contributed by atoms with E-state index in [0.717, 1.165) is 0 Å². The Kier molecular flexibility index (Phi) is 6.46. The Morgan fingerprint density at radius 3 is 2.21 bits per heavy atom. The van der Waals surface area contributed by atoms with Crippen LogP contribution in [0.25, 0.3) is 0 Å². The zero-order chi connectivity index (χ0) is 17.5. The zero-order valence-corrected chi connectivity index (χ0v) is 14.4. The van der Waals surface area contributed by atoms with Gasteiger partial charge in [-0.05, 0) is 30.3 Å². The summed E-state index contributed by atoms with van der Waals surface area (Å²) in [6.45, 7) is 0.534. The summed E-state index contributed by atoms with van der Waals surface area (Å²) in [5, 5.41) is 6.13. The first-order valence-corrected chi connectivity index (χ1v) is 7.93. The summed E-state index contributed by atoms with van der Waals surface area (Å²) in [6.07, 6.45) is 0. The van der Waals surface area contributed by atoms with Crippen LogP contribution >= 0.6 is 23.2 Å². The molecule has 2 aromatic carbocycles. The van der Waals surface area contributed by atoms with Crippen LogP contribution in [0.2, 0.25) is 10.0 Å². The van der Waals surface area contributed by atoms with Crippen molar-refractivity contribution in [3.8, 4) is 5.75 Å². The Morgan fingerprint density at radius 2 is 1.58 bits per heavy atom. The molecule has 2 aromatic rings. The second-order valence-corrected chi connectivity index (χ2v) is 5.68. The van der Waals surface area contributed by atoms with Gasteiger partial charge in [0.15, 0.2) is 0 Å². The molecule has 0 unspecified atom stereocenters. The number of para-hydroxylation sites is 1. The number of carbonyl (C=O) groups is 2. The van der Waals surface area contributed by atoms with Gasteiger partial charge < -0.3 is 15.4 Å². The highest BCUT2D eigenvalue weighted by Crippen LogP contribution is 2.20. The molecular weight excluding hydrogens is 351 g/mol. The van der Waals surface area contributed by atoms with Gasteiger partial charge in [-0.15, -0.1) is 0 Å². The van der Waals surface area contributed by atoms with Crippen molar-refractivity contribution in [2.24, 2.45) is 0 Å². The van der Waals surface area contributed by atoms with E-state index in [1.54, 1.807) is 36.4 Å². The second-order valence-electron chi connectivity index (χ2n) is 4.84. The average molecular weight is 367 g/mol. The fourth-order valence-corrected chi connectivity index (χ4v) is 2.54. The second kappa shape index (κ2) is 8.57. The summed E-state index contributed by atoms with van der Waals surface area (Å²) in [5.74, 6) is -0.110. The molecule has 0 radical (unpaired) electrons. The van der Waals surface area contributed by atoms with E-state index in [9.17, 15) is 9.59 Å². The van der Waals surface area contributed by atoms with Crippen LogP contribution in [0.15, 0.2) is 42.5 Å². The molecule has 126 valence electrons. The van der Waals surface area contributed by atoms with Crippen molar-refractivity contribution in [3.05, 3.63) is 63.6 Å². The number of halogens is 2. The topological polar surface area (TPSA) is 67.4 Å². The number of hydrogen-bond donors (Lipinski definition) is 2. The van der Waals surface area contributed by atoms with Crippen LogP contribution in [-0.2, 0) is 0 Å². The van der Waals surface area contributed by atoms with Gasteiger partial charge in [0.25, 0.3) is 11.8 Å². The van der Waals surface area contributed by atoms with E-state index >= 15 is 0 Å². The maximum atomic E-state index is 12.1. The molecule has 0 fully saturated rings. The molecular formula is C17H16Cl2N2O3. The number of benzene rings is 2. The minimum Gasteiger partial charge on any atom is -0.496 e. The van der Waals surface area contributed by atoms with Crippen molar-refractivity contribution < 1.29 is 14.3 Å². The van der Waals surface area contributed by atoms with Crippen LogP contribution in [-0.4, -0.2) is 32.0 Å². The molecule has 0 aliphatic heterocycles. The highest BCUT2D eigenvalue weighted by molar-refractivity contribution is 6.36. The highest BCUT2D eigenvalue weighted by Gasteiger charge is 2.12. The predicted octanol–water partition coefficient (Wildman–Crippen LogP) is 3.16. The van der Waals surface area contributed by atoms with Crippen molar-refractivity contribution in [3.63, 3.8) is 0 Å². The maximum Gasteiger partial charge on any atom is 0.255 e.